The van der Waals surface area contributed by atoms with Gasteiger partial charge in [-0.2, -0.15) is 28.4 Å². The highest BCUT2D eigenvalue weighted by molar-refractivity contribution is 14.1. The van der Waals surface area contributed by atoms with E-state index in [2.05, 4.69) is 25.4 Å². The third-order valence-corrected chi connectivity index (χ3v) is 9.01. The van der Waals surface area contributed by atoms with Crippen molar-refractivity contribution < 1.29 is 50.6 Å². The number of aromatic nitrogens is 6. The zero-order valence-electron chi connectivity index (χ0n) is 27.0. The molecule has 0 fully saturated rings. The summed E-state index contributed by atoms with van der Waals surface area (Å²) in [5.41, 5.74) is -1.84. The summed E-state index contributed by atoms with van der Waals surface area (Å²) < 4.78 is 77.3. The highest BCUT2D eigenvalue weighted by atomic mass is 127. The predicted molar refractivity (Wildman–Crippen MR) is 185 cm³/mol. The van der Waals surface area contributed by atoms with Gasteiger partial charge in [-0.05, 0) is 79.3 Å². The van der Waals surface area contributed by atoms with Crippen LogP contribution in [0.15, 0.2) is 40.0 Å². The number of aryl methyl sites for hydroxylation is 2. The number of urea groups is 1. The molecule has 2 amide bonds. The van der Waals surface area contributed by atoms with Crippen LogP contribution in [0.1, 0.15) is 41.0 Å². The van der Waals surface area contributed by atoms with Gasteiger partial charge in [0.2, 0.25) is 5.95 Å². The van der Waals surface area contributed by atoms with E-state index >= 15 is 0 Å². The smallest absolute Gasteiger partial charge is 0.355 e. The van der Waals surface area contributed by atoms with Crippen molar-refractivity contribution >= 4 is 79.7 Å². The van der Waals surface area contributed by atoms with Crippen LogP contribution in [0.25, 0.3) is 5.69 Å². The van der Waals surface area contributed by atoms with Gasteiger partial charge in [-0.15, -0.1) is 16.7 Å². The first kappa shape index (κ1) is 41.9. The maximum atomic E-state index is 14.2. The predicted octanol–water partition coefficient (Wildman–Crippen LogP) is 4.24. The van der Waals surface area contributed by atoms with Crippen LogP contribution in [-0.2, 0) is 26.0 Å². The number of hydrogen-bond donors (Lipinski definition) is 3. The fourth-order valence-electron chi connectivity index (χ4n) is 4.07. The number of carbonyl (C=O) groups excluding carboxylic acids is 2. The van der Waals surface area contributed by atoms with Gasteiger partial charge in [0, 0.05) is 15.0 Å². The SMILES string of the molecule is CCOC(=O)C(Cl)Cc1cc(-n2nc(C)n(C(F)F)c2=O)c(F)cc1Cl.COc1nc(C)nc(NC(=O)NS(=O)(=O)c2cc(I)ccc2C(=O)O)n1. The molecule has 1 unspecified atom stereocenters. The number of alkyl halides is 3. The lowest BCUT2D eigenvalue weighted by Crippen LogP contribution is -2.35. The number of rotatable bonds is 11. The molecular weight excluding hydrogens is 879 g/mol. The molecule has 0 saturated carbocycles. The summed E-state index contributed by atoms with van der Waals surface area (Å²) in [6.07, 6.45) is -0.115. The van der Waals surface area contributed by atoms with E-state index in [1.54, 1.807) is 11.6 Å². The average Bonchev–Trinajstić information content (AvgIpc) is 3.34. The molecule has 4 rings (SSSR count). The van der Waals surface area contributed by atoms with Gasteiger partial charge in [0.1, 0.15) is 27.6 Å². The average molecular weight is 905 g/mol. The van der Waals surface area contributed by atoms with Gasteiger partial charge >= 0.3 is 36.2 Å². The number of halogens is 6. The minimum atomic E-state index is -4.45. The van der Waals surface area contributed by atoms with Gasteiger partial charge in [-0.3, -0.25) is 10.1 Å². The van der Waals surface area contributed by atoms with E-state index in [0.717, 1.165) is 24.3 Å². The second-order valence-corrected chi connectivity index (χ2v) is 13.7. The summed E-state index contributed by atoms with van der Waals surface area (Å²) >= 11 is 13.7. The highest BCUT2D eigenvalue weighted by Gasteiger charge is 2.26. The monoisotopic (exact) mass is 904 g/mol. The first-order valence-corrected chi connectivity index (χ1v) is 17.6. The molecule has 52 heavy (non-hydrogen) atoms. The maximum absolute atomic E-state index is 14.2. The first-order chi connectivity index (χ1) is 24.3. The Labute approximate surface area is 315 Å². The van der Waals surface area contributed by atoms with Crippen molar-refractivity contribution in [3.05, 3.63) is 78.0 Å². The Morgan fingerprint density at radius 3 is 2.37 bits per heavy atom. The number of carboxylic acids is 1. The molecule has 0 saturated heterocycles. The number of ether oxygens (including phenoxy) is 2. The standard InChI is InChI=1S/C15H14Cl2F3N3O3.C13H12IN5O6S/c1-3-26-13(24)10(17)4-8-5-12(11(18)6-9(8)16)23-15(25)22(14(19)20)7(2)21-23;1-6-15-11(18-13(16-6)25-2)17-12(22)19-26(23,24)9-5-7(14)3-4-8(9)10(20)21/h5-6,10,14H,3-4H2,1-2H3;3-5H,1-2H3,(H,20,21)(H2,15,16,17,18,19,22). The molecule has 0 spiro atoms. The largest absolute Gasteiger partial charge is 0.478 e. The number of esters is 1. The van der Waals surface area contributed by atoms with E-state index in [-0.39, 0.29) is 57.5 Å². The molecule has 1 atom stereocenters. The number of methoxy groups -OCH3 is 1. The number of hydrogen-bond acceptors (Lipinski definition) is 12. The van der Waals surface area contributed by atoms with Crippen molar-refractivity contribution in [3.63, 3.8) is 0 Å². The van der Waals surface area contributed by atoms with Gasteiger partial charge in [0.15, 0.2) is 5.82 Å². The van der Waals surface area contributed by atoms with E-state index < -0.39 is 61.9 Å². The summed E-state index contributed by atoms with van der Waals surface area (Å²) in [5.74, 6) is -3.36. The van der Waals surface area contributed by atoms with Gasteiger partial charge in [-0.25, -0.2) is 36.5 Å². The van der Waals surface area contributed by atoms with Crippen molar-refractivity contribution in [2.24, 2.45) is 0 Å². The summed E-state index contributed by atoms with van der Waals surface area (Å²) in [6.45, 7) is 1.33. The minimum Gasteiger partial charge on any atom is -0.478 e. The van der Waals surface area contributed by atoms with Crippen molar-refractivity contribution in [3.8, 4) is 11.7 Å². The van der Waals surface area contributed by atoms with Crippen LogP contribution in [-0.4, -0.2) is 79.9 Å². The van der Waals surface area contributed by atoms with Crippen LogP contribution in [0.3, 0.4) is 0 Å². The number of amides is 2. The van der Waals surface area contributed by atoms with Crippen LogP contribution < -0.4 is 20.5 Å². The number of sulfonamides is 1. The lowest BCUT2D eigenvalue weighted by Gasteiger charge is -2.12. The Morgan fingerprint density at radius 2 is 1.79 bits per heavy atom. The van der Waals surface area contributed by atoms with E-state index in [1.165, 1.54) is 27.0 Å². The number of nitrogens with zero attached hydrogens (tertiary/aromatic N) is 6. The highest BCUT2D eigenvalue weighted by Crippen LogP contribution is 2.26. The van der Waals surface area contributed by atoms with E-state index in [1.807, 2.05) is 22.6 Å². The molecule has 0 radical (unpaired) electrons. The molecule has 280 valence electrons. The molecule has 0 aliphatic rings. The zero-order chi connectivity index (χ0) is 39.1. The minimum absolute atomic E-state index is 0.0424. The van der Waals surface area contributed by atoms with Crippen molar-refractivity contribution in [1.82, 2.24) is 34.0 Å². The molecule has 2 aromatic heterocycles. The van der Waals surface area contributed by atoms with E-state index in [9.17, 15) is 40.8 Å². The molecular formula is C28H26Cl2F3IN8O9S. The number of carbonyl (C=O) groups is 3. The number of aromatic carboxylic acids is 1. The molecule has 2 aromatic carbocycles. The van der Waals surface area contributed by atoms with E-state index in [0.29, 0.717) is 8.25 Å². The first-order valence-electron chi connectivity index (χ1n) is 14.2. The van der Waals surface area contributed by atoms with Gasteiger partial charge < -0.3 is 14.6 Å². The fourth-order valence-corrected chi connectivity index (χ4v) is 6.36. The molecule has 0 aliphatic carbocycles. The van der Waals surface area contributed by atoms with E-state index in [4.69, 9.17) is 37.8 Å². The zero-order valence-corrected chi connectivity index (χ0v) is 31.5. The van der Waals surface area contributed by atoms with Crippen LogP contribution in [0.4, 0.5) is 23.9 Å². The Hall–Kier alpha value is -4.55. The summed E-state index contributed by atoms with van der Waals surface area (Å²) in [7, 11) is -3.14. The van der Waals surface area contributed by atoms with Crippen molar-refractivity contribution in [1.29, 1.82) is 0 Å². The molecule has 0 aliphatic heterocycles. The molecule has 0 bridgehead atoms. The van der Waals surface area contributed by atoms with Gasteiger partial charge in [-0.1, -0.05) is 11.6 Å². The van der Waals surface area contributed by atoms with Gasteiger partial charge in [0.25, 0.3) is 10.0 Å². The molecule has 2 heterocycles. The Balaban J connectivity index is 0.000000280. The van der Waals surface area contributed by atoms with Crippen LogP contribution in [0, 0.1) is 23.2 Å². The second kappa shape index (κ2) is 17.8. The quantitative estimate of drug-likeness (QED) is 0.109. The summed E-state index contributed by atoms with van der Waals surface area (Å²) in [6, 6.07) is 4.49. The molecule has 3 N–H and O–H groups in total. The topological polar surface area (TPSA) is 227 Å². The van der Waals surface area contributed by atoms with Crippen molar-refractivity contribution in [2.45, 2.75) is 44.0 Å². The number of anilines is 1. The molecule has 17 nitrogen and oxygen atoms in total. The normalized spacial score (nSPS) is 11.7. The fraction of sp³-hybridized carbons (Fsp3) is 0.286. The number of nitrogens with one attached hydrogen (secondary N) is 2. The number of carboxylic acid groups (broad SMARTS) is 1. The van der Waals surface area contributed by atoms with Crippen molar-refractivity contribution in [2.75, 3.05) is 19.0 Å². The Morgan fingerprint density at radius 1 is 1.12 bits per heavy atom. The van der Waals surface area contributed by atoms with Crippen LogP contribution in [0.2, 0.25) is 5.02 Å². The maximum Gasteiger partial charge on any atom is 0.355 e. The second-order valence-electron chi connectivity index (χ2n) is 9.91. The Bertz CT molecular complexity index is 2170. The summed E-state index contributed by atoms with van der Waals surface area (Å²) in [5, 5.41) is 13.8. The lowest BCUT2D eigenvalue weighted by atomic mass is 10.1. The third kappa shape index (κ3) is 10.5. The lowest BCUT2D eigenvalue weighted by molar-refractivity contribution is -0.142. The van der Waals surface area contributed by atoms with Gasteiger partial charge in [0.05, 0.1) is 19.3 Å². The third-order valence-electron chi connectivity index (χ3n) is 6.29. The Kier molecular flexibility index (Phi) is 14.3. The van der Waals surface area contributed by atoms with Crippen LogP contribution >= 0.6 is 45.8 Å². The summed E-state index contributed by atoms with van der Waals surface area (Å²) in [4.78, 5) is 57.8. The molecule has 24 heteroatoms. The van der Waals surface area contributed by atoms with Crippen LogP contribution in [0.5, 0.6) is 6.01 Å². The number of benzene rings is 2. The molecule has 4 aromatic rings.